The predicted molar refractivity (Wildman–Crippen MR) is 77.4 cm³/mol. The van der Waals surface area contributed by atoms with Crippen LogP contribution in [0.5, 0.6) is 0 Å². The molecule has 1 aromatic rings. The highest BCUT2D eigenvalue weighted by molar-refractivity contribution is 7.93. The molecule has 0 bridgehead atoms. The SMILES string of the molecule is CCCC[C@@H](c1ccccc1)S(=O)(=O)C(C)(C)C. The first-order valence-corrected chi connectivity index (χ1v) is 8.13. The first-order valence-electron chi connectivity index (χ1n) is 6.59. The molecule has 0 saturated carbocycles. The quantitative estimate of drug-likeness (QED) is 0.804. The summed E-state index contributed by atoms with van der Waals surface area (Å²) in [6.45, 7) is 7.43. The standard InChI is InChI=1S/C15H24O2S/c1-5-6-12-14(13-10-8-7-9-11-13)18(16,17)15(2,3)4/h7-11,14H,5-6,12H2,1-4H3/t14-/m0/s1. The van der Waals surface area contributed by atoms with Crippen LogP contribution in [0, 0.1) is 0 Å². The van der Waals surface area contributed by atoms with E-state index in [1.54, 1.807) is 20.8 Å². The molecule has 0 fully saturated rings. The van der Waals surface area contributed by atoms with Gasteiger partial charge in [-0.15, -0.1) is 0 Å². The van der Waals surface area contributed by atoms with Crippen molar-refractivity contribution in [1.29, 1.82) is 0 Å². The van der Waals surface area contributed by atoms with E-state index in [0.717, 1.165) is 18.4 Å². The molecule has 0 aliphatic heterocycles. The van der Waals surface area contributed by atoms with Crippen molar-refractivity contribution in [2.75, 3.05) is 0 Å². The Labute approximate surface area is 111 Å². The molecule has 0 unspecified atom stereocenters. The Bertz CT molecular complexity index is 455. The predicted octanol–water partition coefficient (Wildman–Crippen LogP) is 4.13. The van der Waals surface area contributed by atoms with Gasteiger partial charge in [-0.05, 0) is 32.8 Å². The number of unbranched alkanes of at least 4 members (excludes halogenated alkanes) is 1. The van der Waals surface area contributed by atoms with Crippen molar-refractivity contribution >= 4 is 9.84 Å². The van der Waals surface area contributed by atoms with Crippen molar-refractivity contribution in [3.8, 4) is 0 Å². The third kappa shape index (κ3) is 3.35. The molecule has 1 rings (SSSR count). The molecule has 102 valence electrons. The minimum Gasteiger partial charge on any atom is -0.228 e. The van der Waals surface area contributed by atoms with Crippen LogP contribution in [0.15, 0.2) is 30.3 Å². The molecule has 0 amide bonds. The fourth-order valence-corrected chi connectivity index (χ4v) is 3.83. The molecule has 0 heterocycles. The molecule has 18 heavy (non-hydrogen) atoms. The van der Waals surface area contributed by atoms with Gasteiger partial charge in [0.05, 0.1) is 10.00 Å². The first kappa shape index (κ1) is 15.2. The monoisotopic (exact) mass is 268 g/mol. The van der Waals surface area contributed by atoms with E-state index in [9.17, 15) is 8.42 Å². The summed E-state index contributed by atoms with van der Waals surface area (Å²) in [5.74, 6) is 0. The zero-order chi connectivity index (χ0) is 13.8. The van der Waals surface area contributed by atoms with Crippen LogP contribution in [-0.4, -0.2) is 13.2 Å². The Morgan fingerprint density at radius 1 is 1.11 bits per heavy atom. The Morgan fingerprint density at radius 3 is 2.11 bits per heavy atom. The van der Waals surface area contributed by atoms with Gasteiger partial charge in [-0.2, -0.15) is 0 Å². The summed E-state index contributed by atoms with van der Waals surface area (Å²) < 4.78 is 24.6. The number of rotatable bonds is 5. The summed E-state index contributed by atoms with van der Waals surface area (Å²) >= 11 is 0. The molecular formula is C15H24O2S. The Morgan fingerprint density at radius 2 is 1.67 bits per heavy atom. The van der Waals surface area contributed by atoms with Gasteiger partial charge in [-0.25, -0.2) is 8.42 Å². The number of hydrogen-bond donors (Lipinski definition) is 0. The van der Waals surface area contributed by atoms with Crippen molar-refractivity contribution in [3.05, 3.63) is 35.9 Å². The Hall–Kier alpha value is -0.830. The molecule has 0 radical (unpaired) electrons. The molecule has 0 aromatic heterocycles. The molecule has 1 aromatic carbocycles. The highest BCUT2D eigenvalue weighted by Gasteiger charge is 2.37. The van der Waals surface area contributed by atoms with Crippen LogP contribution in [-0.2, 0) is 9.84 Å². The van der Waals surface area contributed by atoms with Crippen LogP contribution in [0.2, 0.25) is 0 Å². The first-order chi connectivity index (χ1) is 8.30. The topological polar surface area (TPSA) is 34.1 Å². The molecule has 1 atom stereocenters. The maximum atomic E-state index is 12.7. The minimum atomic E-state index is -3.16. The summed E-state index contributed by atoms with van der Waals surface area (Å²) in [7, 11) is -3.16. The molecule has 2 nitrogen and oxygen atoms in total. The van der Waals surface area contributed by atoms with Gasteiger partial charge in [0.25, 0.3) is 0 Å². The summed E-state index contributed by atoms with van der Waals surface area (Å²) in [6, 6.07) is 9.58. The average molecular weight is 268 g/mol. The maximum absolute atomic E-state index is 12.7. The summed E-state index contributed by atoms with van der Waals surface area (Å²) in [5, 5.41) is -0.376. The van der Waals surface area contributed by atoms with E-state index >= 15 is 0 Å². The Kier molecular flexibility index (Phi) is 4.97. The summed E-state index contributed by atoms with van der Waals surface area (Å²) in [4.78, 5) is 0. The van der Waals surface area contributed by atoms with Crippen LogP contribution in [0.1, 0.15) is 57.8 Å². The number of hydrogen-bond acceptors (Lipinski definition) is 2. The average Bonchev–Trinajstić information content (AvgIpc) is 2.29. The number of sulfone groups is 1. The van der Waals surface area contributed by atoms with Gasteiger partial charge in [0, 0.05) is 0 Å². The van der Waals surface area contributed by atoms with Crippen LogP contribution in [0.25, 0.3) is 0 Å². The smallest absolute Gasteiger partial charge is 0.162 e. The lowest BCUT2D eigenvalue weighted by molar-refractivity contribution is 0.534. The zero-order valence-electron chi connectivity index (χ0n) is 11.8. The van der Waals surface area contributed by atoms with E-state index in [1.807, 2.05) is 30.3 Å². The van der Waals surface area contributed by atoms with Crippen molar-refractivity contribution in [1.82, 2.24) is 0 Å². The lowest BCUT2D eigenvalue weighted by atomic mass is 10.1. The van der Waals surface area contributed by atoms with E-state index in [1.165, 1.54) is 0 Å². The fourth-order valence-electron chi connectivity index (χ4n) is 1.98. The third-order valence-electron chi connectivity index (χ3n) is 3.22. The van der Waals surface area contributed by atoms with Gasteiger partial charge in [-0.1, -0.05) is 50.1 Å². The van der Waals surface area contributed by atoms with Gasteiger partial charge in [0.2, 0.25) is 0 Å². The molecule has 0 spiro atoms. The normalized spacial score (nSPS) is 14.4. The molecule has 0 N–H and O–H groups in total. The van der Waals surface area contributed by atoms with Gasteiger partial charge >= 0.3 is 0 Å². The van der Waals surface area contributed by atoms with E-state index < -0.39 is 14.6 Å². The number of benzene rings is 1. The van der Waals surface area contributed by atoms with Crippen LogP contribution < -0.4 is 0 Å². The second kappa shape index (κ2) is 5.87. The van der Waals surface area contributed by atoms with Crippen LogP contribution in [0.3, 0.4) is 0 Å². The van der Waals surface area contributed by atoms with Crippen molar-refractivity contribution < 1.29 is 8.42 Å². The van der Waals surface area contributed by atoms with Gasteiger partial charge in [-0.3, -0.25) is 0 Å². The van der Waals surface area contributed by atoms with E-state index in [-0.39, 0.29) is 5.25 Å². The molecule has 0 saturated heterocycles. The van der Waals surface area contributed by atoms with Crippen molar-refractivity contribution in [2.24, 2.45) is 0 Å². The molecular weight excluding hydrogens is 244 g/mol. The molecule has 0 aliphatic rings. The zero-order valence-corrected chi connectivity index (χ0v) is 12.6. The van der Waals surface area contributed by atoms with Crippen LogP contribution >= 0.6 is 0 Å². The lowest BCUT2D eigenvalue weighted by Crippen LogP contribution is -2.32. The van der Waals surface area contributed by atoms with E-state index in [2.05, 4.69) is 6.92 Å². The summed E-state index contributed by atoms with van der Waals surface area (Å²) in [6.07, 6.45) is 2.66. The van der Waals surface area contributed by atoms with Crippen molar-refractivity contribution in [2.45, 2.75) is 57.0 Å². The van der Waals surface area contributed by atoms with E-state index in [0.29, 0.717) is 6.42 Å². The maximum Gasteiger partial charge on any atom is 0.162 e. The summed E-state index contributed by atoms with van der Waals surface area (Å²) in [5.41, 5.74) is 0.917. The minimum absolute atomic E-state index is 0.376. The lowest BCUT2D eigenvalue weighted by Gasteiger charge is -2.27. The second-order valence-electron chi connectivity index (χ2n) is 5.70. The molecule has 3 heteroatoms. The third-order valence-corrected chi connectivity index (χ3v) is 6.18. The largest absolute Gasteiger partial charge is 0.228 e. The second-order valence-corrected chi connectivity index (χ2v) is 8.58. The van der Waals surface area contributed by atoms with E-state index in [4.69, 9.17) is 0 Å². The Balaban J connectivity index is 3.15. The van der Waals surface area contributed by atoms with Crippen LogP contribution in [0.4, 0.5) is 0 Å². The van der Waals surface area contributed by atoms with Gasteiger partial charge < -0.3 is 0 Å². The van der Waals surface area contributed by atoms with Gasteiger partial charge in [0.1, 0.15) is 0 Å². The van der Waals surface area contributed by atoms with Gasteiger partial charge in [0.15, 0.2) is 9.84 Å². The highest BCUT2D eigenvalue weighted by atomic mass is 32.2. The highest BCUT2D eigenvalue weighted by Crippen LogP contribution is 2.35. The fraction of sp³-hybridized carbons (Fsp3) is 0.600. The molecule has 0 aliphatic carbocycles. The van der Waals surface area contributed by atoms with Crippen molar-refractivity contribution in [3.63, 3.8) is 0 Å².